The Morgan fingerprint density at radius 1 is 0.905 bits per heavy atom. The fourth-order valence-corrected chi connectivity index (χ4v) is 3.25. The van der Waals surface area contributed by atoms with Crippen molar-refractivity contribution in [2.45, 2.75) is 25.7 Å². The molecule has 0 aromatic heterocycles. The first-order chi connectivity index (χ1) is 9.83. The Labute approximate surface area is 125 Å². The van der Waals surface area contributed by atoms with Crippen LogP contribution in [0.4, 0.5) is 0 Å². The summed E-state index contributed by atoms with van der Waals surface area (Å²) in [6.45, 7) is 5.62. The topological polar surface area (TPSA) is 52.6 Å². The summed E-state index contributed by atoms with van der Waals surface area (Å²) in [5.41, 5.74) is 2.66. The second-order valence-electron chi connectivity index (χ2n) is 4.94. The number of benzene rings is 2. The lowest BCUT2D eigenvalue weighted by atomic mass is 10.1. The van der Waals surface area contributed by atoms with Crippen LogP contribution in [0, 0.1) is 20.8 Å². The Balaban J connectivity index is 2.37. The summed E-state index contributed by atoms with van der Waals surface area (Å²) >= 11 is 0. The van der Waals surface area contributed by atoms with E-state index in [0.29, 0.717) is 11.5 Å². The molecule has 2 aromatic carbocycles. The van der Waals surface area contributed by atoms with Crippen molar-refractivity contribution in [1.29, 1.82) is 0 Å². The van der Waals surface area contributed by atoms with Crippen molar-refractivity contribution in [2.75, 3.05) is 7.11 Å². The molecule has 5 heteroatoms. The molecule has 0 atom stereocenters. The summed E-state index contributed by atoms with van der Waals surface area (Å²) in [5, 5.41) is 0. The molecule has 0 N–H and O–H groups in total. The van der Waals surface area contributed by atoms with Crippen molar-refractivity contribution >= 4 is 10.1 Å². The van der Waals surface area contributed by atoms with Gasteiger partial charge >= 0.3 is 10.1 Å². The molecule has 4 nitrogen and oxygen atoms in total. The molecule has 0 saturated heterocycles. The van der Waals surface area contributed by atoms with Gasteiger partial charge in [0.2, 0.25) is 0 Å². The van der Waals surface area contributed by atoms with Gasteiger partial charge in [0, 0.05) is 0 Å². The molecule has 0 amide bonds. The van der Waals surface area contributed by atoms with Gasteiger partial charge in [-0.2, -0.15) is 8.42 Å². The van der Waals surface area contributed by atoms with Crippen LogP contribution in [0.2, 0.25) is 0 Å². The average molecular weight is 306 g/mol. The lowest BCUT2D eigenvalue weighted by Crippen LogP contribution is -2.11. The minimum Gasteiger partial charge on any atom is -0.497 e. The van der Waals surface area contributed by atoms with Crippen LogP contribution < -0.4 is 8.92 Å². The normalized spacial score (nSPS) is 11.2. The maximum atomic E-state index is 12.3. The van der Waals surface area contributed by atoms with Gasteiger partial charge in [-0.05, 0) is 56.2 Å². The highest BCUT2D eigenvalue weighted by atomic mass is 32.2. The van der Waals surface area contributed by atoms with E-state index in [1.807, 2.05) is 32.9 Å². The maximum absolute atomic E-state index is 12.3. The number of aryl methyl sites for hydroxylation is 3. The lowest BCUT2D eigenvalue weighted by Gasteiger charge is -2.13. The van der Waals surface area contributed by atoms with Crippen LogP contribution in [-0.2, 0) is 10.1 Å². The lowest BCUT2D eigenvalue weighted by molar-refractivity contribution is 0.414. The molecule has 0 spiro atoms. The van der Waals surface area contributed by atoms with Crippen molar-refractivity contribution in [3.63, 3.8) is 0 Å². The van der Waals surface area contributed by atoms with Crippen molar-refractivity contribution < 1.29 is 17.3 Å². The largest absolute Gasteiger partial charge is 0.497 e. The van der Waals surface area contributed by atoms with E-state index in [0.717, 1.165) is 16.7 Å². The Bertz CT molecular complexity index is 723. The van der Waals surface area contributed by atoms with Crippen molar-refractivity contribution in [3.8, 4) is 11.5 Å². The van der Waals surface area contributed by atoms with Crippen LogP contribution in [0.5, 0.6) is 11.5 Å². The van der Waals surface area contributed by atoms with E-state index in [4.69, 9.17) is 8.92 Å². The fourth-order valence-electron chi connectivity index (χ4n) is 2.20. The maximum Gasteiger partial charge on any atom is 0.339 e. The van der Waals surface area contributed by atoms with E-state index < -0.39 is 10.1 Å². The highest BCUT2D eigenvalue weighted by Gasteiger charge is 2.19. The standard InChI is InChI=1S/C16H18O4S/c1-11-9-12(2)16(13(3)10-11)20-21(17,18)15-7-5-14(19-4)6-8-15/h5-10H,1-4H3. The molecule has 2 rings (SSSR count). The Morgan fingerprint density at radius 2 is 1.43 bits per heavy atom. The first-order valence-corrected chi connectivity index (χ1v) is 7.90. The molecule has 0 saturated carbocycles. The molecule has 0 heterocycles. The van der Waals surface area contributed by atoms with Crippen LogP contribution in [-0.4, -0.2) is 15.5 Å². The van der Waals surface area contributed by atoms with Crippen LogP contribution in [0.3, 0.4) is 0 Å². The predicted octanol–water partition coefficient (Wildman–Crippen LogP) is 3.39. The zero-order valence-electron chi connectivity index (χ0n) is 12.5. The zero-order valence-corrected chi connectivity index (χ0v) is 13.3. The summed E-state index contributed by atoms with van der Waals surface area (Å²) < 4.78 is 35.0. The third-order valence-electron chi connectivity index (χ3n) is 3.15. The molecule has 0 radical (unpaired) electrons. The van der Waals surface area contributed by atoms with E-state index in [2.05, 4.69) is 0 Å². The average Bonchev–Trinajstić information content (AvgIpc) is 2.43. The monoisotopic (exact) mass is 306 g/mol. The fraction of sp³-hybridized carbons (Fsp3) is 0.250. The van der Waals surface area contributed by atoms with E-state index in [1.165, 1.54) is 19.2 Å². The van der Waals surface area contributed by atoms with Gasteiger partial charge in [-0.25, -0.2) is 0 Å². The van der Waals surface area contributed by atoms with E-state index in [1.54, 1.807) is 12.1 Å². The number of rotatable bonds is 4. The van der Waals surface area contributed by atoms with Gasteiger partial charge in [0.1, 0.15) is 16.4 Å². The van der Waals surface area contributed by atoms with Gasteiger partial charge in [0.25, 0.3) is 0 Å². The molecular weight excluding hydrogens is 288 g/mol. The first-order valence-electron chi connectivity index (χ1n) is 6.50. The van der Waals surface area contributed by atoms with Crippen LogP contribution in [0.25, 0.3) is 0 Å². The number of ether oxygens (including phenoxy) is 1. The molecule has 0 bridgehead atoms. The SMILES string of the molecule is COc1ccc(S(=O)(=O)Oc2c(C)cc(C)cc2C)cc1. The molecule has 0 unspecified atom stereocenters. The summed E-state index contributed by atoms with van der Waals surface area (Å²) in [6, 6.07) is 9.90. The van der Waals surface area contributed by atoms with Crippen LogP contribution >= 0.6 is 0 Å². The zero-order chi connectivity index (χ0) is 15.6. The number of hydrogen-bond donors (Lipinski definition) is 0. The quantitative estimate of drug-likeness (QED) is 0.813. The Morgan fingerprint density at radius 3 is 1.90 bits per heavy atom. The van der Waals surface area contributed by atoms with Crippen molar-refractivity contribution in [3.05, 3.63) is 53.1 Å². The summed E-state index contributed by atoms with van der Waals surface area (Å²) in [5.74, 6) is 0.980. The second-order valence-corrected chi connectivity index (χ2v) is 6.49. The molecular formula is C16H18O4S. The third-order valence-corrected chi connectivity index (χ3v) is 4.38. The molecule has 0 fully saturated rings. The smallest absolute Gasteiger partial charge is 0.339 e. The van der Waals surface area contributed by atoms with Gasteiger partial charge in [0.15, 0.2) is 0 Å². The third kappa shape index (κ3) is 3.36. The van der Waals surface area contributed by atoms with Crippen molar-refractivity contribution in [1.82, 2.24) is 0 Å². The van der Waals surface area contributed by atoms with E-state index >= 15 is 0 Å². The van der Waals surface area contributed by atoms with Gasteiger partial charge in [-0.1, -0.05) is 17.7 Å². The highest BCUT2D eigenvalue weighted by Crippen LogP contribution is 2.28. The van der Waals surface area contributed by atoms with Gasteiger partial charge in [0.05, 0.1) is 7.11 Å². The molecule has 0 aliphatic rings. The number of methoxy groups -OCH3 is 1. The molecule has 0 aliphatic carbocycles. The van der Waals surface area contributed by atoms with Crippen molar-refractivity contribution in [2.24, 2.45) is 0 Å². The van der Waals surface area contributed by atoms with Crippen LogP contribution in [0.15, 0.2) is 41.3 Å². The van der Waals surface area contributed by atoms with E-state index in [9.17, 15) is 8.42 Å². The number of hydrogen-bond acceptors (Lipinski definition) is 4. The van der Waals surface area contributed by atoms with Gasteiger partial charge in [-0.15, -0.1) is 0 Å². The summed E-state index contributed by atoms with van der Waals surface area (Å²) in [7, 11) is -2.32. The Hall–Kier alpha value is -2.01. The predicted molar refractivity (Wildman–Crippen MR) is 81.5 cm³/mol. The minimum absolute atomic E-state index is 0.0997. The molecule has 0 aliphatic heterocycles. The van der Waals surface area contributed by atoms with Gasteiger partial charge < -0.3 is 8.92 Å². The molecule has 2 aromatic rings. The second kappa shape index (κ2) is 5.77. The minimum atomic E-state index is -3.85. The summed E-state index contributed by atoms with van der Waals surface area (Å²) in [6.07, 6.45) is 0. The summed E-state index contributed by atoms with van der Waals surface area (Å²) in [4.78, 5) is 0.0997. The highest BCUT2D eigenvalue weighted by molar-refractivity contribution is 7.87. The molecule has 21 heavy (non-hydrogen) atoms. The van der Waals surface area contributed by atoms with Crippen LogP contribution in [0.1, 0.15) is 16.7 Å². The van der Waals surface area contributed by atoms with Gasteiger partial charge in [-0.3, -0.25) is 0 Å². The first kappa shape index (κ1) is 15.4. The van der Waals surface area contributed by atoms with E-state index in [-0.39, 0.29) is 4.90 Å². The molecule has 112 valence electrons. The Kier molecular flexibility index (Phi) is 4.23.